The van der Waals surface area contributed by atoms with Gasteiger partial charge in [0.2, 0.25) is 0 Å². The second-order valence-corrected chi connectivity index (χ2v) is 1.76. The van der Waals surface area contributed by atoms with Gasteiger partial charge in [-0.1, -0.05) is 0 Å². The number of aromatic nitrogens is 2. The van der Waals surface area contributed by atoms with E-state index in [2.05, 4.69) is 15.4 Å². The van der Waals surface area contributed by atoms with Crippen molar-refractivity contribution in [2.75, 3.05) is 0 Å². The first kappa shape index (κ1) is 4.69. The van der Waals surface area contributed by atoms with Gasteiger partial charge in [0, 0.05) is 0 Å². The Bertz CT molecular complexity index is 202. The molecule has 2 heterocycles. The van der Waals surface area contributed by atoms with Crippen molar-refractivity contribution in [1.82, 2.24) is 15.4 Å². The van der Waals surface area contributed by atoms with Gasteiger partial charge in [0.25, 0.3) is 0 Å². The highest BCUT2D eigenvalue weighted by Crippen LogP contribution is 2.16. The van der Waals surface area contributed by atoms with Crippen molar-refractivity contribution < 1.29 is 4.84 Å². The number of rotatable bonds is 0. The first-order chi connectivity index (χ1) is 4.47. The fourth-order valence-electron chi connectivity index (χ4n) is 0.742. The van der Waals surface area contributed by atoms with Gasteiger partial charge in [-0.15, -0.1) is 0 Å². The number of nitrogens with zero attached hydrogens (tertiary/aromatic N) is 2. The van der Waals surface area contributed by atoms with Crippen LogP contribution < -0.4 is 10.3 Å². The molecule has 0 bridgehead atoms. The van der Waals surface area contributed by atoms with Crippen LogP contribution in [0, 0.1) is 0 Å². The molecule has 0 aliphatic carbocycles. The molecule has 2 rings (SSSR count). The molecule has 0 radical (unpaired) electrons. The summed E-state index contributed by atoms with van der Waals surface area (Å²) in [5, 5.41) is 0. The molecular formula is C5H5N3O. The molecule has 9 heavy (non-hydrogen) atoms. The summed E-state index contributed by atoms with van der Waals surface area (Å²) in [7, 11) is 0. The van der Waals surface area contributed by atoms with Crippen LogP contribution in [0.2, 0.25) is 0 Å². The number of nitrogens with one attached hydrogen (secondary N) is 1. The normalized spacial score (nSPS) is 14.7. The van der Waals surface area contributed by atoms with Crippen molar-refractivity contribution in [3.8, 4) is 5.75 Å². The maximum absolute atomic E-state index is 4.92. The average Bonchev–Trinajstić information content (AvgIpc) is 2.33. The van der Waals surface area contributed by atoms with Gasteiger partial charge in [0.1, 0.15) is 12.0 Å². The molecule has 1 aliphatic rings. The number of hydrogen-bond acceptors (Lipinski definition) is 4. The summed E-state index contributed by atoms with van der Waals surface area (Å²) in [6.45, 7) is 0.678. The van der Waals surface area contributed by atoms with E-state index in [4.69, 9.17) is 4.84 Å². The molecule has 4 nitrogen and oxygen atoms in total. The van der Waals surface area contributed by atoms with Crippen molar-refractivity contribution in [3.63, 3.8) is 0 Å². The zero-order valence-corrected chi connectivity index (χ0v) is 4.66. The fourth-order valence-corrected chi connectivity index (χ4v) is 0.742. The molecule has 1 aliphatic heterocycles. The second-order valence-electron chi connectivity index (χ2n) is 1.76. The van der Waals surface area contributed by atoms with Crippen LogP contribution in [0.1, 0.15) is 5.69 Å². The lowest BCUT2D eigenvalue weighted by atomic mass is 10.4. The maximum atomic E-state index is 4.92. The summed E-state index contributed by atoms with van der Waals surface area (Å²) in [4.78, 5) is 12.7. The average molecular weight is 123 g/mol. The van der Waals surface area contributed by atoms with Crippen molar-refractivity contribution in [2.24, 2.45) is 0 Å². The highest BCUT2D eigenvalue weighted by molar-refractivity contribution is 5.25. The Labute approximate surface area is 51.8 Å². The highest BCUT2D eigenvalue weighted by Gasteiger charge is 2.11. The Morgan fingerprint density at radius 2 is 2.67 bits per heavy atom. The lowest BCUT2D eigenvalue weighted by molar-refractivity contribution is 0.223. The fraction of sp³-hybridized carbons (Fsp3) is 0.200. The van der Waals surface area contributed by atoms with Gasteiger partial charge < -0.3 is 4.84 Å². The third-order valence-electron chi connectivity index (χ3n) is 1.18. The quantitative estimate of drug-likeness (QED) is 0.522. The molecule has 0 unspecified atom stereocenters. The van der Waals surface area contributed by atoms with E-state index in [0.717, 1.165) is 11.4 Å². The summed E-state index contributed by atoms with van der Waals surface area (Å²) in [6.07, 6.45) is 3.15. The van der Waals surface area contributed by atoms with Crippen molar-refractivity contribution in [1.29, 1.82) is 0 Å². The van der Waals surface area contributed by atoms with E-state index in [1.54, 1.807) is 6.20 Å². The van der Waals surface area contributed by atoms with Crippen LogP contribution in [0.25, 0.3) is 0 Å². The third-order valence-corrected chi connectivity index (χ3v) is 1.18. The number of fused-ring (bicyclic) bond motifs is 1. The molecule has 0 aromatic carbocycles. The first-order valence-electron chi connectivity index (χ1n) is 2.65. The van der Waals surface area contributed by atoms with E-state index < -0.39 is 0 Å². The van der Waals surface area contributed by atoms with E-state index in [1.165, 1.54) is 6.33 Å². The lowest BCUT2D eigenvalue weighted by Crippen LogP contribution is -2.07. The molecule has 1 N–H and O–H groups in total. The van der Waals surface area contributed by atoms with Crippen molar-refractivity contribution >= 4 is 0 Å². The van der Waals surface area contributed by atoms with E-state index in [0.29, 0.717) is 6.54 Å². The first-order valence-corrected chi connectivity index (χ1v) is 2.65. The monoisotopic (exact) mass is 123 g/mol. The minimum Gasteiger partial charge on any atom is -0.405 e. The van der Waals surface area contributed by atoms with E-state index in [-0.39, 0.29) is 0 Å². The minimum absolute atomic E-state index is 0.678. The summed E-state index contributed by atoms with van der Waals surface area (Å²) >= 11 is 0. The zero-order valence-electron chi connectivity index (χ0n) is 4.66. The summed E-state index contributed by atoms with van der Waals surface area (Å²) in [5.41, 5.74) is 3.61. The van der Waals surface area contributed by atoms with Gasteiger partial charge in [0.15, 0.2) is 5.75 Å². The van der Waals surface area contributed by atoms with Crippen LogP contribution >= 0.6 is 0 Å². The van der Waals surface area contributed by atoms with Crippen molar-refractivity contribution in [3.05, 3.63) is 18.2 Å². The molecule has 0 saturated carbocycles. The molecular weight excluding hydrogens is 118 g/mol. The molecule has 4 heteroatoms. The number of hydroxylamine groups is 1. The van der Waals surface area contributed by atoms with Gasteiger partial charge >= 0.3 is 0 Å². The Kier molecular flexibility index (Phi) is 0.868. The largest absolute Gasteiger partial charge is 0.405 e. The van der Waals surface area contributed by atoms with Gasteiger partial charge in [-0.2, -0.15) is 5.48 Å². The van der Waals surface area contributed by atoms with Gasteiger partial charge in [0.05, 0.1) is 12.7 Å². The van der Waals surface area contributed by atoms with E-state index in [1.807, 2.05) is 0 Å². The Balaban J connectivity index is 2.54. The molecule has 0 amide bonds. The van der Waals surface area contributed by atoms with Gasteiger partial charge in [-0.05, 0) is 0 Å². The molecule has 0 spiro atoms. The van der Waals surface area contributed by atoms with E-state index in [9.17, 15) is 0 Å². The van der Waals surface area contributed by atoms with Crippen LogP contribution in [0.15, 0.2) is 12.5 Å². The van der Waals surface area contributed by atoms with Crippen LogP contribution in [0.3, 0.4) is 0 Å². The van der Waals surface area contributed by atoms with Crippen LogP contribution in [-0.4, -0.2) is 9.97 Å². The van der Waals surface area contributed by atoms with Crippen LogP contribution in [-0.2, 0) is 6.54 Å². The topological polar surface area (TPSA) is 47.0 Å². The molecule has 0 fully saturated rings. The highest BCUT2D eigenvalue weighted by atomic mass is 16.7. The van der Waals surface area contributed by atoms with E-state index >= 15 is 0 Å². The van der Waals surface area contributed by atoms with Crippen molar-refractivity contribution in [2.45, 2.75) is 6.54 Å². The Morgan fingerprint density at radius 3 is 3.56 bits per heavy atom. The molecule has 1 aromatic heterocycles. The Hall–Kier alpha value is -1.16. The summed E-state index contributed by atoms with van der Waals surface area (Å²) < 4.78 is 0. The molecule has 0 atom stereocenters. The summed E-state index contributed by atoms with van der Waals surface area (Å²) in [5.74, 6) is 0.734. The van der Waals surface area contributed by atoms with Gasteiger partial charge in [-0.3, -0.25) is 0 Å². The van der Waals surface area contributed by atoms with Crippen LogP contribution in [0.5, 0.6) is 5.75 Å². The predicted molar refractivity (Wildman–Crippen MR) is 29.5 cm³/mol. The Morgan fingerprint density at radius 1 is 1.67 bits per heavy atom. The molecule has 0 saturated heterocycles. The van der Waals surface area contributed by atoms with Crippen LogP contribution in [0.4, 0.5) is 0 Å². The maximum Gasteiger partial charge on any atom is 0.188 e. The standard InChI is InChI=1S/C5H5N3O/c1-4-5(9-8-1)2-6-3-7-4/h2-3,8H,1H2. The smallest absolute Gasteiger partial charge is 0.188 e. The minimum atomic E-state index is 0.678. The molecule has 1 aromatic rings. The third kappa shape index (κ3) is 0.639. The van der Waals surface area contributed by atoms with Gasteiger partial charge in [-0.25, -0.2) is 9.97 Å². The zero-order chi connectivity index (χ0) is 6.10. The molecule has 46 valence electrons. The predicted octanol–water partition coefficient (Wildman–Crippen LogP) is -0.126. The SMILES string of the molecule is c1ncc2c(n1)CNO2. The lowest BCUT2D eigenvalue weighted by Gasteiger charge is -1.90. The summed E-state index contributed by atoms with van der Waals surface area (Å²) in [6, 6.07) is 0. The second kappa shape index (κ2) is 1.66. The number of hydrogen-bond donors (Lipinski definition) is 1.